The van der Waals surface area contributed by atoms with Crippen LogP contribution >= 0.6 is 9.90 Å². The monoisotopic (exact) mass is 305 g/mol. The maximum absolute atomic E-state index is 11.6. The molecular formula is C16H20NO3P. The van der Waals surface area contributed by atoms with Crippen LogP contribution in [0.15, 0.2) is 48.5 Å². The number of carbonyl (C=O) groups is 1. The topological polar surface area (TPSA) is 58.6 Å². The molecular weight excluding hydrogens is 285 g/mol. The van der Waals surface area contributed by atoms with Gasteiger partial charge in [-0.05, 0) is 30.2 Å². The average molecular weight is 305 g/mol. The summed E-state index contributed by atoms with van der Waals surface area (Å²) in [6.07, 6.45) is -0.498. The van der Waals surface area contributed by atoms with Crippen LogP contribution < -0.4 is 10.1 Å². The van der Waals surface area contributed by atoms with E-state index in [0.717, 1.165) is 11.1 Å². The van der Waals surface area contributed by atoms with Crippen LogP contribution in [0.2, 0.25) is 0 Å². The van der Waals surface area contributed by atoms with Crippen molar-refractivity contribution in [1.29, 1.82) is 0 Å². The van der Waals surface area contributed by atoms with E-state index in [1.807, 2.05) is 31.2 Å². The largest absolute Gasteiger partial charge is 0.412 e. The minimum absolute atomic E-state index is 0. The highest BCUT2D eigenvalue weighted by Gasteiger charge is 2.04. The summed E-state index contributed by atoms with van der Waals surface area (Å²) < 4.78 is 5.13. The molecule has 0 aliphatic carbocycles. The van der Waals surface area contributed by atoms with Crippen LogP contribution in [0.5, 0.6) is 5.75 Å². The molecule has 5 heteroatoms. The lowest BCUT2D eigenvalue weighted by Gasteiger charge is -2.07. The first-order chi connectivity index (χ1) is 9.67. The number of aliphatic hydroxyl groups excluding tert-OH is 1. The van der Waals surface area contributed by atoms with Gasteiger partial charge in [-0.3, -0.25) is 0 Å². The molecule has 1 atom stereocenters. The third-order valence-electron chi connectivity index (χ3n) is 2.87. The van der Waals surface area contributed by atoms with Crippen LogP contribution in [-0.2, 0) is 13.2 Å². The van der Waals surface area contributed by atoms with Crippen LogP contribution in [0, 0.1) is 6.92 Å². The number of aryl methyl sites for hydroxylation is 1. The van der Waals surface area contributed by atoms with Gasteiger partial charge in [-0.25, -0.2) is 4.79 Å². The minimum Gasteiger partial charge on any atom is -0.410 e. The first-order valence-corrected chi connectivity index (χ1v) is 6.38. The quantitative estimate of drug-likeness (QED) is 0.854. The van der Waals surface area contributed by atoms with Crippen LogP contribution in [0.4, 0.5) is 4.79 Å². The minimum atomic E-state index is -0.498. The Hall–Kier alpha value is -1.90. The van der Waals surface area contributed by atoms with Gasteiger partial charge in [-0.15, -0.1) is 0 Å². The van der Waals surface area contributed by atoms with Crippen molar-refractivity contribution in [1.82, 2.24) is 5.32 Å². The van der Waals surface area contributed by atoms with Gasteiger partial charge in [0.1, 0.15) is 5.75 Å². The molecule has 0 saturated carbocycles. The summed E-state index contributed by atoms with van der Waals surface area (Å²) in [6, 6.07) is 14.6. The number of hydrogen-bond donors (Lipinski definition) is 2. The van der Waals surface area contributed by atoms with Crippen LogP contribution in [0.3, 0.4) is 0 Å². The Bertz CT molecular complexity index is 567. The third-order valence-corrected chi connectivity index (χ3v) is 2.87. The molecule has 2 aromatic rings. The molecule has 0 saturated heterocycles. The van der Waals surface area contributed by atoms with Gasteiger partial charge in [-0.2, -0.15) is 9.90 Å². The molecule has 0 fully saturated rings. The zero-order valence-electron chi connectivity index (χ0n) is 12.0. The van der Waals surface area contributed by atoms with Crippen LogP contribution in [0.1, 0.15) is 16.7 Å². The number of benzene rings is 2. The lowest BCUT2D eigenvalue weighted by atomic mass is 10.1. The van der Waals surface area contributed by atoms with Gasteiger partial charge < -0.3 is 15.2 Å². The molecule has 1 amide bonds. The smallest absolute Gasteiger partial charge is 0.410 e. The predicted molar refractivity (Wildman–Crippen MR) is 87.5 cm³/mol. The summed E-state index contributed by atoms with van der Waals surface area (Å²) in [5.74, 6) is 0.448. The SMILES string of the molecule is Cc1ccc(CNC(=O)Oc2ccc(CO)cc2)cc1.P. The van der Waals surface area contributed by atoms with E-state index in [9.17, 15) is 4.79 Å². The number of nitrogens with one attached hydrogen (secondary N) is 1. The van der Waals surface area contributed by atoms with E-state index in [1.165, 1.54) is 5.56 Å². The zero-order chi connectivity index (χ0) is 14.4. The van der Waals surface area contributed by atoms with Crippen molar-refractivity contribution < 1.29 is 14.6 Å². The standard InChI is InChI=1S/C16H17NO3.H3P/c1-12-2-4-13(5-3-12)10-17-16(19)20-15-8-6-14(11-18)7-9-15;/h2-9,18H,10-11H2,1H3,(H,17,19);1H3. The fourth-order valence-corrected chi connectivity index (χ4v) is 1.69. The second-order valence-corrected chi connectivity index (χ2v) is 4.53. The molecule has 0 aromatic heterocycles. The number of rotatable bonds is 4. The molecule has 0 spiro atoms. The predicted octanol–water partition coefficient (Wildman–Crippen LogP) is 2.83. The highest BCUT2D eigenvalue weighted by atomic mass is 31.0. The van der Waals surface area contributed by atoms with Crippen molar-refractivity contribution in [2.75, 3.05) is 0 Å². The van der Waals surface area contributed by atoms with Gasteiger partial charge in [0.15, 0.2) is 0 Å². The molecule has 0 aliphatic rings. The number of carbonyl (C=O) groups excluding carboxylic acids is 1. The molecule has 0 heterocycles. The summed E-state index contributed by atoms with van der Waals surface area (Å²) in [5.41, 5.74) is 2.97. The van der Waals surface area contributed by atoms with Crippen molar-refractivity contribution in [3.8, 4) is 5.75 Å². The number of amides is 1. The van der Waals surface area contributed by atoms with E-state index in [-0.39, 0.29) is 16.5 Å². The Morgan fingerprint density at radius 1 is 1.05 bits per heavy atom. The van der Waals surface area contributed by atoms with Gasteiger partial charge in [-0.1, -0.05) is 42.0 Å². The summed E-state index contributed by atoms with van der Waals surface area (Å²) in [6.45, 7) is 2.41. The first-order valence-electron chi connectivity index (χ1n) is 6.38. The van der Waals surface area contributed by atoms with Crippen LogP contribution in [-0.4, -0.2) is 11.2 Å². The summed E-state index contributed by atoms with van der Waals surface area (Å²) in [4.78, 5) is 11.6. The van der Waals surface area contributed by atoms with E-state index in [2.05, 4.69) is 5.32 Å². The van der Waals surface area contributed by atoms with Gasteiger partial charge >= 0.3 is 6.09 Å². The number of aliphatic hydroxyl groups is 1. The van der Waals surface area contributed by atoms with Crippen molar-refractivity contribution >= 4 is 16.0 Å². The first kappa shape index (κ1) is 17.2. The molecule has 21 heavy (non-hydrogen) atoms. The summed E-state index contributed by atoms with van der Waals surface area (Å²) in [5, 5.41) is 11.6. The zero-order valence-corrected chi connectivity index (χ0v) is 13.4. The second kappa shape index (κ2) is 8.40. The molecule has 2 rings (SSSR count). The second-order valence-electron chi connectivity index (χ2n) is 4.53. The van der Waals surface area contributed by atoms with Crippen LogP contribution in [0.25, 0.3) is 0 Å². The van der Waals surface area contributed by atoms with Gasteiger partial charge in [0.25, 0.3) is 0 Å². The maximum Gasteiger partial charge on any atom is 0.412 e. The lowest BCUT2D eigenvalue weighted by Crippen LogP contribution is -2.26. The van der Waals surface area contributed by atoms with E-state index < -0.39 is 6.09 Å². The third kappa shape index (κ3) is 5.54. The van der Waals surface area contributed by atoms with Gasteiger partial charge in [0.05, 0.1) is 6.61 Å². The maximum atomic E-state index is 11.6. The highest BCUT2D eigenvalue weighted by molar-refractivity contribution is 6.92. The Kier molecular flexibility index (Phi) is 6.86. The Morgan fingerprint density at radius 3 is 2.19 bits per heavy atom. The van der Waals surface area contributed by atoms with Crippen molar-refractivity contribution in [3.05, 3.63) is 65.2 Å². The van der Waals surface area contributed by atoms with Crippen molar-refractivity contribution in [3.63, 3.8) is 0 Å². The van der Waals surface area contributed by atoms with E-state index in [1.54, 1.807) is 24.3 Å². The highest BCUT2D eigenvalue weighted by Crippen LogP contribution is 2.12. The molecule has 0 aliphatic heterocycles. The lowest BCUT2D eigenvalue weighted by molar-refractivity contribution is 0.200. The molecule has 112 valence electrons. The van der Waals surface area contributed by atoms with Crippen molar-refractivity contribution in [2.45, 2.75) is 20.1 Å². The normalized spacial score (nSPS) is 9.62. The Balaban J connectivity index is 0.00000220. The molecule has 0 radical (unpaired) electrons. The fourth-order valence-electron chi connectivity index (χ4n) is 1.69. The van der Waals surface area contributed by atoms with E-state index in [0.29, 0.717) is 12.3 Å². The fraction of sp³-hybridized carbons (Fsp3) is 0.188. The van der Waals surface area contributed by atoms with Crippen molar-refractivity contribution in [2.24, 2.45) is 0 Å². The van der Waals surface area contributed by atoms with E-state index in [4.69, 9.17) is 9.84 Å². The Morgan fingerprint density at radius 2 is 1.62 bits per heavy atom. The molecule has 1 unspecified atom stereocenters. The number of ether oxygens (including phenoxy) is 1. The average Bonchev–Trinajstić information content (AvgIpc) is 2.47. The molecule has 2 aromatic carbocycles. The summed E-state index contributed by atoms with van der Waals surface area (Å²) >= 11 is 0. The Labute approximate surface area is 127 Å². The molecule has 4 nitrogen and oxygen atoms in total. The summed E-state index contributed by atoms with van der Waals surface area (Å²) in [7, 11) is 0. The van der Waals surface area contributed by atoms with Gasteiger partial charge in [0, 0.05) is 6.54 Å². The number of hydrogen-bond acceptors (Lipinski definition) is 3. The molecule has 2 N–H and O–H groups in total. The van der Waals surface area contributed by atoms with E-state index >= 15 is 0 Å². The molecule has 0 bridgehead atoms. The van der Waals surface area contributed by atoms with Gasteiger partial charge in [0.2, 0.25) is 0 Å².